The van der Waals surface area contributed by atoms with E-state index >= 15 is 0 Å². The van der Waals surface area contributed by atoms with E-state index in [-0.39, 0.29) is 5.91 Å². The van der Waals surface area contributed by atoms with E-state index in [0.29, 0.717) is 11.5 Å². The van der Waals surface area contributed by atoms with Gasteiger partial charge in [-0.2, -0.15) is 0 Å². The molecule has 1 aliphatic rings. The van der Waals surface area contributed by atoms with E-state index in [1.165, 1.54) is 0 Å². The molecule has 1 aliphatic heterocycles. The third-order valence-electron chi connectivity index (χ3n) is 3.44. The van der Waals surface area contributed by atoms with Crippen LogP contribution in [0.25, 0.3) is 0 Å². The maximum Gasteiger partial charge on any atom is 0.227 e. The van der Waals surface area contributed by atoms with Gasteiger partial charge in [-0.15, -0.1) is 0 Å². The smallest absolute Gasteiger partial charge is 0.227 e. The molecule has 1 aromatic rings. The van der Waals surface area contributed by atoms with E-state index in [9.17, 15) is 4.79 Å². The van der Waals surface area contributed by atoms with Crippen LogP contribution in [0.2, 0.25) is 0 Å². The first kappa shape index (κ1) is 16.7. The largest absolute Gasteiger partial charge is 0.382 e. The van der Waals surface area contributed by atoms with E-state index < -0.39 is 0 Å². The van der Waals surface area contributed by atoms with Crippen molar-refractivity contribution in [2.24, 2.45) is 0 Å². The van der Waals surface area contributed by atoms with E-state index in [1.807, 2.05) is 36.1 Å². The second kappa shape index (κ2) is 8.70. The minimum Gasteiger partial charge on any atom is -0.382 e. The van der Waals surface area contributed by atoms with Crippen molar-refractivity contribution in [1.29, 1.82) is 0 Å². The van der Waals surface area contributed by atoms with Crippen LogP contribution in [0.5, 0.6) is 0 Å². The molecular weight excluding hydrogens is 298 g/mol. The Labute approximate surface area is 137 Å². The molecule has 6 heteroatoms. The molecule has 1 fully saturated rings. The van der Waals surface area contributed by atoms with Crippen LogP contribution < -0.4 is 15.5 Å². The van der Waals surface area contributed by atoms with Gasteiger partial charge in [-0.3, -0.25) is 4.79 Å². The van der Waals surface area contributed by atoms with Crippen molar-refractivity contribution in [3.63, 3.8) is 0 Å². The minimum atomic E-state index is 0.189. The number of benzene rings is 1. The number of ether oxygens (including phenoxy) is 1. The molecule has 0 aliphatic carbocycles. The molecule has 2 rings (SSSR count). The molecule has 0 bridgehead atoms. The third kappa shape index (κ3) is 4.96. The Balaban J connectivity index is 1.82. The third-order valence-corrected chi connectivity index (χ3v) is 3.69. The van der Waals surface area contributed by atoms with Crippen LogP contribution in [0.15, 0.2) is 24.3 Å². The molecule has 120 valence electrons. The van der Waals surface area contributed by atoms with Gasteiger partial charge in [-0.1, -0.05) is 6.07 Å². The fourth-order valence-electron chi connectivity index (χ4n) is 2.37. The summed E-state index contributed by atoms with van der Waals surface area (Å²) in [6.45, 7) is 5.03. The minimum absolute atomic E-state index is 0.189. The highest BCUT2D eigenvalue weighted by Crippen LogP contribution is 2.24. The lowest BCUT2D eigenvalue weighted by Gasteiger charge is -2.17. The molecule has 0 radical (unpaired) electrons. The molecular formula is C16H23N3O2S. The molecule has 1 aromatic carbocycles. The summed E-state index contributed by atoms with van der Waals surface area (Å²) in [6.07, 6.45) is 2.48. The fraction of sp³-hybridized carbons (Fsp3) is 0.500. The van der Waals surface area contributed by atoms with Gasteiger partial charge in [-0.25, -0.2) is 0 Å². The second-order valence-electron chi connectivity index (χ2n) is 5.13. The van der Waals surface area contributed by atoms with Crippen molar-refractivity contribution in [3.05, 3.63) is 24.3 Å². The van der Waals surface area contributed by atoms with E-state index in [2.05, 4.69) is 10.6 Å². The maximum absolute atomic E-state index is 11.8. The summed E-state index contributed by atoms with van der Waals surface area (Å²) < 4.78 is 5.28. The van der Waals surface area contributed by atoms with E-state index in [4.69, 9.17) is 17.0 Å². The molecule has 0 unspecified atom stereocenters. The molecule has 0 spiro atoms. The number of hydrogen-bond acceptors (Lipinski definition) is 3. The summed E-state index contributed by atoms with van der Waals surface area (Å²) >= 11 is 5.27. The lowest BCUT2D eigenvalue weighted by atomic mass is 10.2. The first-order valence-electron chi connectivity index (χ1n) is 7.73. The molecule has 2 N–H and O–H groups in total. The Morgan fingerprint density at radius 1 is 1.45 bits per heavy atom. The van der Waals surface area contributed by atoms with Crippen LogP contribution in [-0.2, 0) is 9.53 Å². The number of nitrogens with one attached hydrogen (secondary N) is 2. The van der Waals surface area contributed by atoms with E-state index in [1.54, 1.807) is 0 Å². The van der Waals surface area contributed by atoms with Gasteiger partial charge in [0, 0.05) is 44.1 Å². The summed E-state index contributed by atoms with van der Waals surface area (Å²) in [5.74, 6) is 0.189. The monoisotopic (exact) mass is 321 g/mol. The Morgan fingerprint density at radius 3 is 3.05 bits per heavy atom. The molecule has 1 amide bonds. The molecule has 0 saturated carbocycles. The van der Waals surface area contributed by atoms with Gasteiger partial charge in [0.05, 0.1) is 0 Å². The number of rotatable bonds is 7. The topological polar surface area (TPSA) is 53.6 Å². The molecule has 0 aromatic heterocycles. The fourth-order valence-corrected chi connectivity index (χ4v) is 2.59. The molecule has 1 saturated heterocycles. The number of thiocarbonyl (C=S) groups is 1. The number of anilines is 2. The van der Waals surface area contributed by atoms with Crippen molar-refractivity contribution in [2.45, 2.75) is 26.2 Å². The molecule has 0 atom stereocenters. The van der Waals surface area contributed by atoms with Crippen molar-refractivity contribution in [3.8, 4) is 0 Å². The predicted molar refractivity (Wildman–Crippen MR) is 93.4 cm³/mol. The van der Waals surface area contributed by atoms with Crippen LogP contribution in [-0.4, -0.2) is 37.3 Å². The summed E-state index contributed by atoms with van der Waals surface area (Å²) in [5, 5.41) is 6.89. The van der Waals surface area contributed by atoms with Gasteiger partial charge in [0.2, 0.25) is 5.91 Å². The quantitative estimate of drug-likeness (QED) is 0.597. The normalized spacial score (nSPS) is 14.2. The van der Waals surface area contributed by atoms with Crippen molar-refractivity contribution in [1.82, 2.24) is 5.32 Å². The Morgan fingerprint density at radius 2 is 2.32 bits per heavy atom. The number of amides is 1. The lowest BCUT2D eigenvalue weighted by molar-refractivity contribution is -0.117. The Kier molecular flexibility index (Phi) is 6.61. The number of hydrogen-bond donors (Lipinski definition) is 2. The highest BCUT2D eigenvalue weighted by atomic mass is 32.1. The van der Waals surface area contributed by atoms with Crippen LogP contribution in [0.4, 0.5) is 11.4 Å². The van der Waals surface area contributed by atoms with E-state index in [0.717, 1.165) is 50.5 Å². The average molecular weight is 321 g/mol. The standard InChI is InChI=1S/C16H23N3O2S/c1-2-21-11-5-9-17-16(22)18-13-6-3-7-14(12-13)19-10-4-8-15(19)20/h3,6-7,12H,2,4-5,8-11H2,1H3,(H2,17,18,22). The second-order valence-corrected chi connectivity index (χ2v) is 5.54. The average Bonchev–Trinajstić information content (AvgIpc) is 2.93. The van der Waals surface area contributed by atoms with Gasteiger partial charge in [-0.05, 0) is 50.2 Å². The number of nitrogens with zero attached hydrogens (tertiary/aromatic N) is 1. The first-order valence-corrected chi connectivity index (χ1v) is 8.14. The van der Waals surface area contributed by atoms with Crippen molar-refractivity contribution >= 4 is 34.6 Å². The zero-order chi connectivity index (χ0) is 15.8. The van der Waals surface area contributed by atoms with Crippen LogP contribution in [0.1, 0.15) is 26.2 Å². The van der Waals surface area contributed by atoms with Gasteiger partial charge >= 0.3 is 0 Å². The van der Waals surface area contributed by atoms with Crippen LogP contribution in [0, 0.1) is 0 Å². The summed E-state index contributed by atoms with van der Waals surface area (Å²) in [6, 6.07) is 7.78. The van der Waals surface area contributed by atoms with Crippen LogP contribution >= 0.6 is 12.2 Å². The van der Waals surface area contributed by atoms with Gasteiger partial charge in [0.1, 0.15) is 0 Å². The summed E-state index contributed by atoms with van der Waals surface area (Å²) in [4.78, 5) is 13.6. The Bertz CT molecular complexity index is 522. The highest BCUT2D eigenvalue weighted by Gasteiger charge is 2.21. The number of carbonyl (C=O) groups is 1. The zero-order valence-electron chi connectivity index (χ0n) is 12.9. The molecule has 1 heterocycles. The van der Waals surface area contributed by atoms with Crippen molar-refractivity contribution in [2.75, 3.05) is 36.5 Å². The van der Waals surface area contributed by atoms with Crippen LogP contribution in [0.3, 0.4) is 0 Å². The van der Waals surface area contributed by atoms with Gasteiger partial charge in [0.15, 0.2) is 5.11 Å². The summed E-state index contributed by atoms with van der Waals surface area (Å²) in [5.41, 5.74) is 1.81. The first-order chi connectivity index (χ1) is 10.7. The SMILES string of the molecule is CCOCCCNC(=S)Nc1cccc(N2CCCC2=O)c1. The summed E-state index contributed by atoms with van der Waals surface area (Å²) in [7, 11) is 0. The molecule has 5 nitrogen and oxygen atoms in total. The van der Waals surface area contributed by atoms with Crippen molar-refractivity contribution < 1.29 is 9.53 Å². The zero-order valence-corrected chi connectivity index (χ0v) is 13.7. The molecule has 22 heavy (non-hydrogen) atoms. The maximum atomic E-state index is 11.8. The van der Waals surface area contributed by atoms with Gasteiger partial charge < -0.3 is 20.3 Å². The lowest BCUT2D eigenvalue weighted by Crippen LogP contribution is -2.30. The predicted octanol–water partition coefficient (Wildman–Crippen LogP) is 2.53. The highest BCUT2D eigenvalue weighted by molar-refractivity contribution is 7.80. The number of carbonyl (C=O) groups excluding carboxylic acids is 1. The Hall–Kier alpha value is -1.66. The van der Waals surface area contributed by atoms with Gasteiger partial charge in [0.25, 0.3) is 0 Å².